The smallest absolute Gasteiger partial charge is 0.195 e. The molecule has 1 heterocycles. The van der Waals surface area contributed by atoms with Gasteiger partial charge in [-0.2, -0.15) is 0 Å². The molecule has 1 aliphatic heterocycles. The third-order valence-electron chi connectivity index (χ3n) is 6.55. The lowest BCUT2D eigenvalue weighted by molar-refractivity contribution is 0.103. The predicted octanol–water partition coefficient (Wildman–Crippen LogP) is 7.28. The first-order valence-corrected chi connectivity index (χ1v) is 11.7. The number of benzene rings is 4. The molecule has 1 aliphatic rings. The number of allylic oxidation sites excluding steroid dienone is 2. The Morgan fingerprint density at radius 2 is 1.31 bits per heavy atom. The van der Waals surface area contributed by atoms with Crippen molar-refractivity contribution in [1.82, 2.24) is 0 Å². The quantitative estimate of drug-likeness (QED) is 0.285. The Labute approximate surface area is 206 Å². The Morgan fingerprint density at radius 3 is 1.91 bits per heavy atom. The lowest BCUT2D eigenvalue weighted by Gasteiger charge is -2.43. The van der Waals surface area contributed by atoms with Crippen LogP contribution in [-0.2, 0) is 5.54 Å². The zero-order chi connectivity index (χ0) is 24.3. The van der Waals surface area contributed by atoms with E-state index in [0.717, 1.165) is 28.1 Å². The van der Waals surface area contributed by atoms with Gasteiger partial charge in [0.25, 0.3) is 0 Å². The first-order chi connectivity index (χ1) is 17.1. The van der Waals surface area contributed by atoms with Crippen molar-refractivity contribution in [3.8, 4) is 5.75 Å². The second-order valence-corrected chi connectivity index (χ2v) is 8.74. The van der Waals surface area contributed by atoms with E-state index in [0.29, 0.717) is 11.1 Å². The van der Waals surface area contributed by atoms with Crippen LogP contribution in [0, 0.1) is 0 Å². The fourth-order valence-corrected chi connectivity index (χ4v) is 4.63. The summed E-state index contributed by atoms with van der Waals surface area (Å²) in [6.07, 6.45) is 4.23. The van der Waals surface area contributed by atoms with Gasteiger partial charge in [-0.1, -0.05) is 78.9 Å². The molecule has 1 atom stereocenters. The van der Waals surface area contributed by atoms with E-state index >= 15 is 0 Å². The lowest BCUT2D eigenvalue weighted by atomic mass is 9.80. The van der Waals surface area contributed by atoms with Gasteiger partial charge >= 0.3 is 0 Å². The van der Waals surface area contributed by atoms with Gasteiger partial charge < -0.3 is 9.64 Å². The number of hydrogen-bond donors (Lipinski definition) is 0. The summed E-state index contributed by atoms with van der Waals surface area (Å²) in [5.74, 6) is 0.694. The highest BCUT2D eigenvalue weighted by atomic mass is 16.5. The molecule has 0 saturated heterocycles. The number of ether oxygens (including phenoxy) is 1. The Bertz CT molecular complexity index is 1370. The number of carbonyl (C=O) groups excluding carboxylic acids is 1. The normalized spacial score (nSPS) is 17.4. The number of nitrogens with zero attached hydrogens (tertiary/aromatic N) is 1. The maximum atomic E-state index is 13.9. The summed E-state index contributed by atoms with van der Waals surface area (Å²) in [6, 6.07) is 38.1. The highest BCUT2D eigenvalue weighted by Crippen LogP contribution is 2.43. The van der Waals surface area contributed by atoms with Gasteiger partial charge in [0.1, 0.15) is 5.75 Å². The number of methoxy groups -OCH3 is 1. The Morgan fingerprint density at radius 1 is 0.743 bits per heavy atom. The zero-order valence-corrected chi connectivity index (χ0v) is 19.9. The van der Waals surface area contributed by atoms with Crippen LogP contribution in [0.1, 0.15) is 28.4 Å². The Hall–Kier alpha value is -4.37. The van der Waals surface area contributed by atoms with Crippen molar-refractivity contribution in [3.05, 3.63) is 150 Å². The van der Waals surface area contributed by atoms with E-state index in [1.165, 1.54) is 0 Å². The van der Waals surface area contributed by atoms with Crippen LogP contribution in [0.5, 0.6) is 5.75 Å². The molecule has 3 nitrogen and oxygen atoms in total. The molecule has 3 heteroatoms. The van der Waals surface area contributed by atoms with E-state index in [4.69, 9.17) is 4.74 Å². The third-order valence-corrected chi connectivity index (χ3v) is 6.55. The summed E-state index contributed by atoms with van der Waals surface area (Å²) in [6.45, 7) is 2.20. The van der Waals surface area contributed by atoms with E-state index in [1.807, 2.05) is 72.9 Å². The maximum absolute atomic E-state index is 13.9. The molecule has 4 aromatic rings. The molecular formula is C32H27NO2. The van der Waals surface area contributed by atoms with Gasteiger partial charge in [0, 0.05) is 23.0 Å². The molecule has 0 amide bonds. The second kappa shape index (κ2) is 9.47. The number of ketones is 1. The molecule has 0 radical (unpaired) electrons. The molecule has 0 bridgehead atoms. The summed E-state index contributed by atoms with van der Waals surface area (Å²) in [5.41, 5.74) is 4.86. The molecule has 4 aromatic carbocycles. The maximum Gasteiger partial charge on any atom is 0.195 e. The summed E-state index contributed by atoms with van der Waals surface area (Å²) in [4.78, 5) is 16.1. The van der Waals surface area contributed by atoms with Gasteiger partial charge in [-0.3, -0.25) is 4.79 Å². The van der Waals surface area contributed by atoms with Crippen LogP contribution in [0.15, 0.2) is 133 Å². The first-order valence-electron chi connectivity index (χ1n) is 11.7. The molecule has 172 valence electrons. The standard InChI is InChI=1S/C32H27NO2/c1-32(26-14-8-4-9-15-26)22-29(24-12-6-3-7-13-24)30(23-33(32)27-16-10-5-11-17-27)31(34)25-18-20-28(35-2)21-19-25/h3-23H,1-2H3. The molecule has 0 aliphatic carbocycles. The summed E-state index contributed by atoms with van der Waals surface area (Å²) in [7, 11) is 1.62. The average molecular weight is 458 g/mol. The summed E-state index contributed by atoms with van der Waals surface area (Å²) < 4.78 is 5.29. The van der Waals surface area contributed by atoms with Gasteiger partial charge in [-0.05, 0) is 66.1 Å². The van der Waals surface area contributed by atoms with Crippen molar-refractivity contribution >= 4 is 17.0 Å². The molecule has 0 fully saturated rings. The Balaban J connectivity index is 1.72. The van der Waals surface area contributed by atoms with Crippen LogP contribution >= 0.6 is 0 Å². The molecule has 5 rings (SSSR count). The molecule has 0 spiro atoms. The van der Waals surface area contributed by atoms with E-state index < -0.39 is 5.54 Å². The van der Waals surface area contributed by atoms with Crippen LogP contribution in [0.2, 0.25) is 0 Å². The van der Waals surface area contributed by atoms with Crippen molar-refractivity contribution in [3.63, 3.8) is 0 Å². The minimum atomic E-state index is -0.503. The number of Topliss-reactive ketones (excluding diaryl/α,β-unsaturated/α-hetero) is 1. The first kappa shape index (κ1) is 22.4. The van der Waals surface area contributed by atoms with Crippen molar-refractivity contribution < 1.29 is 9.53 Å². The minimum absolute atomic E-state index is 0.0289. The van der Waals surface area contributed by atoms with Crippen LogP contribution in [0.3, 0.4) is 0 Å². The zero-order valence-electron chi connectivity index (χ0n) is 19.9. The van der Waals surface area contributed by atoms with Crippen LogP contribution in [0.25, 0.3) is 5.57 Å². The Kier molecular flexibility index (Phi) is 6.07. The molecule has 1 unspecified atom stereocenters. The molecular weight excluding hydrogens is 430 g/mol. The fourth-order valence-electron chi connectivity index (χ4n) is 4.63. The SMILES string of the molecule is COc1ccc(C(=O)C2=CN(c3ccccc3)C(C)(c3ccccc3)C=C2c2ccccc2)cc1. The summed E-state index contributed by atoms with van der Waals surface area (Å²) >= 11 is 0. The summed E-state index contributed by atoms with van der Waals surface area (Å²) in [5, 5.41) is 0. The van der Waals surface area contributed by atoms with Gasteiger partial charge in [0.15, 0.2) is 5.78 Å². The fraction of sp³-hybridized carbons (Fsp3) is 0.0938. The van der Waals surface area contributed by atoms with E-state index in [-0.39, 0.29) is 5.78 Å². The average Bonchev–Trinajstić information content (AvgIpc) is 2.94. The van der Waals surface area contributed by atoms with Gasteiger partial charge in [0.05, 0.1) is 12.6 Å². The number of hydrogen-bond acceptors (Lipinski definition) is 3. The second-order valence-electron chi connectivity index (χ2n) is 8.74. The molecule has 0 aromatic heterocycles. The predicted molar refractivity (Wildman–Crippen MR) is 143 cm³/mol. The van der Waals surface area contributed by atoms with Crippen molar-refractivity contribution in [2.24, 2.45) is 0 Å². The third kappa shape index (κ3) is 4.29. The van der Waals surface area contributed by atoms with Crippen LogP contribution in [-0.4, -0.2) is 12.9 Å². The van der Waals surface area contributed by atoms with E-state index in [2.05, 4.69) is 66.4 Å². The van der Waals surface area contributed by atoms with E-state index in [1.54, 1.807) is 7.11 Å². The monoisotopic (exact) mass is 457 g/mol. The molecule has 0 N–H and O–H groups in total. The van der Waals surface area contributed by atoms with Crippen LogP contribution in [0.4, 0.5) is 5.69 Å². The largest absolute Gasteiger partial charge is 0.497 e. The topological polar surface area (TPSA) is 29.5 Å². The van der Waals surface area contributed by atoms with Gasteiger partial charge in [-0.25, -0.2) is 0 Å². The highest BCUT2D eigenvalue weighted by molar-refractivity contribution is 6.19. The number of rotatable bonds is 6. The number of carbonyl (C=O) groups is 1. The van der Waals surface area contributed by atoms with Crippen molar-refractivity contribution in [2.75, 3.05) is 12.0 Å². The van der Waals surface area contributed by atoms with Crippen molar-refractivity contribution in [2.45, 2.75) is 12.5 Å². The van der Waals surface area contributed by atoms with Gasteiger partial charge in [-0.15, -0.1) is 0 Å². The van der Waals surface area contributed by atoms with Gasteiger partial charge in [0.2, 0.25) is 0 Å². The lowest BCUT2D eigenvalue weighted by Crippen LogP contribution is -2.42. The molecule has 0 saturated carbocycles. The number of anilines is 1. The highest BCUT2D eigenvalue weighted by Gasteiger charge is 2.37. The van der Waals surface area contributed by atoms with E-state index in [9.17, 15) is 4.79 Å². The molecule has 35 heavy (non-hydrogen) atoms. The van der Waals surface area contributed by atoms with Crippen LogP contribution < -0.4 is 9.64 Å². The number of para-hydroxylation sites is 1. The van der Waals surface area contributed by atoms with Crippen molar-refractivity contribution in [1.29, 1.82) is 0 Å². The minimum Gasteiger partial charge on any atom is -0.497 e.